The first-order chi connectivity index (χ1) is 8.93. The third kappa shape index (κ3) is 6.99. The lowest BCUT2D eigenvalue weighted by atomic mass is 10.1. The highest BCUT2D eigenvalue weighted by atomic mass is 35.5. The number of carbonyl (C=O) groups excluding carboxylic acids is 1. The first-order valence-corrected chi connectivity index (χ1v) is 6.58. The highest BCUT2D eigenvalue weighted by molar-refractivity contribution is 6.17. The van der Waals surface area contributed by atoms with E-state index in [4.69, 9.17) is 17.3 Å². The van der Waals surface area contributed by atoms with E-state index in [9.17, 15) is 4.79 Å². The van der Waals surface area contributed by atoms with Crippen molar-refractivity contribution in [2.24, 2.45) is 5.73 Å². The summed E-state index contributed by atoms with van der Waals surface area (Å²) >= 11 is 5.53. The summed E-state index contributed by atoms with van der Waals surface area (Å²) in [5, 5.41) is 0. The Hall–Kier alpha value is -1.32. The second-order valence-corrected chi connectivity index (χ2v) is 4.47. The second-order valence-electron chi connectivity index (χ2n) is 4.21. The maximum atomic E-state index is 10.9. The Balaban J connectivity index is 0.000000356. The first kappa shape index (κ1) is 17.7. The van der Waals surface area contributed by atoms with Gasteiger partial charge in [0.1, 0.15) is 0 Å². The van der Waals surface area contributed by atoms with Crippen LogP contribution in [-0.4, -0.2) is 19.1 Å². The van der Waals surface area contributed by atoms with E-state index in [2.05, 4.69) is 4.74 Å². The average molecular weight is 284 g/mol. The SMILES string of the molecule is COC(=O)C(C)=C(C)C(C)N.ClCc1ccccc1. The fourth-order valence-electron chi connectivity index (χ4n) is 1.22. The molecule has 1 aromatic carbocycles. The lowest BCUT2D eigenvalue weighted by Crippen LogP contribution is -2.19. The average Bonchev–Trinajstić information content (AvgIpc) is 2.46. The van der Waals surface area contributed by atoms with Gasteiger partial charge in [-0.15, -0.1) is 11.6 Å². The maximum absolute atomic E-state index is 10.9. The number of methoxy groups -OCH3 is 1. The number of rotatable bonds is 3. The van der Waals surface area contributed by atoms with E-state index in [0.29, 0.717) is 11.5 Å². The van der Waals surface area contributed by atoms with Gasteiger partial charge in [0, 0.05) is 17.5 Å². The lowest BCUT2D eigenvalue weighted by molar-refractivity contribution is -0.136. The molecule has 0 aromatic heterocycles. The zero-order valence-corrected chi connectivity index (χ0v) is 12.7. The van der Waals surface area contributed by atoms with E-state index in [1.165, 1.54) is 12.7 Å². The van der Waals surface area contributed by atoms with Crippen LogP contribution < -0.4 is 5.73 Å². The van der Waals surface area contributed by atoms with Gasteiger partial charge in [0.05, 0.1) is 7.11 Å². The Kier molecular flexibility index (Phi) is 8.92. The van der Waals surface area contributed by atoms with Gasteiger partial charge >= 0.3 is 5.97 Å². The van der Waals surface area contributed by atoms with Crippen molar-refractivity contribution >= 4 is 17.6 Å². The van der Waals surface area contributed by atoms with Crippen molar-refractivity contribution < 1.29 is 9.53 Å². The van der Waals surface area contributed by atoms with Crippen molar-refractivity contribution in [1.82, 2.24) is 0 Å². The number of hydrogen-bond acceptors (Lipinski definition) is 3. The molecule has 1 rings (SSSR count). The highest BCUT2D eigenvalue weighted by Crippen LogP contribution is 2.07. The Morgan fingerprint density at radius 1 is 1.32 bits per heavy atom. The highest BCUT2D eigenvalue weighted by Gasteiger charge is 2.09. The molecule has 0 saturated heterocycles. The van der Waals surface area contributed by atoms with E-state index < -0.39 is 0 Å². The van der Waals surface area contributed by atoms with Crippen LogP contribution in [0.25, 0.3) is 0 Å². The van der Waals surface area contributed by atoms with Crippen LogP contribution >= 0.6 is 11.6 Å². The van der Waals surface area contributed by atoms with Crippen molar-refractivity contribution in [2.45, 2.75) is 32.7 Å². The summed E-state index contributed by atoms with van der Waals surface area (Å²) in [5.74, 6) is 0.306. The minimum Gasteiger partial charge on any atom is -0.466 e. The molecule has 106 valence electrons. The second kappa shape index (κ2) is 9.59. The van der Waals surface area contributed by atoms with Crippen LogP contribution in [0.1, 0.15) is 26.3 Å². The molecule has 19 heavy (non-hydrogen) atoms. The van der Waals surface area contributed by atoms with Crippen LogP contribution in [0.5, 0.6) is 0 Å². The molecule has 1 unspecified atom stereocenters. The van der Waals surface area contributed by atoms with Gasteiger partial charge in [-0.25, -0.2) is 4.79 Å². The van der Waals surface area contributed by atoms with E-state index >= 15 is 0 Å². The molecule has 1 atom stereocenters. The van der Waals surface area contributed by atoms with E-state index in [1.807, 2.05) is 44.2 Å². The summed E-state index contributed by atoms with van der Waals surface area (Å²) in [6.07, 6.45) is 0. The lowest BCUT2D eigenvalue weighted by Gasteiger charge is -2.08. The van der Waals surface area contributed by atoms with Gasteiger partial charge in [0.25, 0.3) is 0 Å². The largest absolute Gasteiger partial charge is 0.466 e. The number of hydrogen-bond donors (Lipinski definition) is 1. The summed E-state index contributed by atoms with van der Waals surface area (Å²) in [6.45, 7) is 5.38. The number of ether oxygens (including phenoxy) is 1. The van der Waals surface area contributed by atoms with Crippen LogP contribution in [0.15, 0.2) is 41.5 Å². The molecule has 0 amide bonds. The Morgan fingerprint density at radius 3 is 2.16 bits per heavy atom. The quantitative estimate of drug-likeness (QED) is 0.526. The summed E-state index contributed by atoms with van der Waals surface area (Å²) in [5.41, 5.74) is 8.21. The number of carbonyl (C=O) groups is 1. The smallest absolute Gasteiger partial charge is 0.333 e. The molecule has 0 radical (unpaired) electrons. The van der Waals surface area contributed by atoms with Crippen molar-refractivity contribution in [3.05, 3.63) is 47.0 Å². The molecule has 0 aliphatic heterocycles. The van der Waals surface area contributed by atoms with Gasteiger partial charge < -0.3 is 10.5 Å². The first-order valence-electron chi connectivity index (χ1n) is 6.05. The van der Waals surface area contributed by atoms with Crippen molar-refractivity contribution in [3.63, 3.8) is 0 Å². The topological polar surface area (TPSA) is 52.3 Å². The maximum Gasteiger partial charge on any atom is 0.333 e. The fourth-order valence-corrected chi connectivity index (χ4v) is 1.40. The molecule has 0 fully saturated rings. The third-order valence-electron chi connectivity index (χ3n) is 2.76. The van der Waals surface area contributed by atoms with Crippen LogP contribution in [-0.2, 0) is 15.4 Å². The van der Waals surface area contributed by atoms with Gasteiger partial charge in [-0.2, -0.15) is 0 Å². The van der Waals surface area contributed by atoms with E-state index in [1.54, 1.807) is 6.92 Å². The molecule has 1 aromatic rings. The predicted octanol–water partition coefficient (Wildman–Crippen LogP) is 3.27. The molecule has 0 aliphatic rings. The van der Waals surface area contributed by atoms with Gasteiger partial charge in [-0.05, 0) is 31.9 Å². The van der Waals surface area contributed by atoms with Gasteiger partial charge in [0.2, 0.25) is 0 Å². The summed E-state index contributed by atoms with van der Waals surface area (Å²) in [4.78, 5) is 10.9. The van der Waals surface area contributed by atoms with Gasteiger partial charge in [-0.1, -0.05) is 30.3 Å². The van der Waals surface area contributed by atoms with E-state index in [0.717, 1.165) is 5.57 Å². The molecule has 0 saturated carbocycles. The summed E-state index contributed by atoms with van der Waals surface area (Å²) in [6, 6.07) is 9.87. The molecule has 2 N–H and O–H groups in total. The zero-order chi connectivity index (χ0) is 14.8. The molecule has 0 aliphatic carbocycles. The number of esters is 1. The van der Waals surface area contributed by atoms with Crippen molar-refractivity contribution in [1.29, 1.82) is 0 Å². The number of alkyl halides is 1. The molecule has 3 nitrogen and oxygen atoms in total. The minimum absolute atomic E-state index is 0.0888. The van der Waals surface area contributed by atoms with Crippen LogP contribution in [0.2, 0.25) is 0 Å². The number of nitrogens with two attached hydrogens (primary N) is 1. The molecule has 0 bridgehead atoms. The number of halogens is 1. The summed E-state index contributed by atoms with van der Waals surface area (Å²) < 4.78 is 4.53. The fraction of sp³-hybridized carbons (Fsp3) is 0.400. The third-order valence-corrected chi connectivity index (χ3v) is 3.07. The van der Waals surface area contributed by atoms with Crippen molar-refractivity contribution in [2.75, 3.05) is 7.11 Å². The minimum atomic E-state index is -0.306. The van der Waals surface area contributed by atoms with Crippen LogP contribution in [0.3, 0.4) is 0 Å². The van der Waals surface area contributed by atoms with Crippen molar-refractivity contribution in [3.8, 4) is 0 Å². The Morgan fingerprint density at radius 2 is 1.84 bits per heavy atom. The van der Waals surface area contributed by atoms with Crippen LogP contribution in [0, 0.1) is 0 Å². The molecular formula is C15H22ClNO2. The standard InChI is InChI=1S/C8H15NO2.C7H7Cl/c1-5(7(3)9)6(2)8(10)11-4;8-6-7-4-2-1-3-5-7/h7H,9H2,1-4H3;1-5H,6H2. The Labute approximate surface area is 120 Å². The molecule has 0 heterocycles. The zero-order valence-electron chi connectivity index (χ0n) is 11.9. The van der Waals surface area contributed by atoms with Gasteiger partial charge in [0.15, 0.2) is 0 Å². The van der Waals surface area contributed by atoms with Crippen LogP contribution in [0.4, 0.5) is 0 Å². The molecule has 0 spiro atoms. The van der Waals surface area contributed by atoms with E-state index in [-0.39, 0.29) is 12.0 Å². The normalized spacial score (nSPS) is 12.7. The molecule has 4 heteroatoms. The molecular weight excluding hydrogens is 262 g/mol. The summed E-state index contributed by atoms with van der Waals surface area (Å²) in [7, 11) is 1.36. The Bertz CT molecular complexity index is 413. The van der Waals surface area contributed by atoms with Gasteiger partial charge in [-0.3, -0.25) is 0 Å². The number of benzene rings is 1. The predicted molar refractivity (Wildman–Crippen MR) is 80.0 cm³/mol. The monoisotopic (exact) mass is 283 g/mol.